The van der Waals surface area contributed by atoms with Crippen molar-refractivity contribution in [2.45, 2.75) is 52.5 Å². The molecule has 1 aromatic heterocycles. The van der Waals surface area contributed by atoms with Gasteiger partial charge in [0, 0.05) is 38.4 Å². The fraction of sp³-hybridized carbons (Fsp3) is 0.444. The predicted octanol–water partition coefficient (Wildman–Crippen LogP) is 4.90. The van der Waals surface area contributed by atoms with E-state index in [4.69, 9.17) is 4.74 Å². The summed E-state index contributed by atoms with van der Waals surface area (Å²) in [5.41, 5.74) is 2.79. The van der Waals surface area contributed by atoms with Gasteiger partial charge in [0.25, 0.3) is 5.91 Å². The minimum absolute atomic E-state index is 0.0607. The summed E-state index contributed by atoms with van der Waals surface area (Å²) in [6.07, 6.45) is 6.18. The maximum atomic E-state index is 12.5. The zero-order chi connectivity index (χ0) is 24.5. The monoisotopic (exact) mass is 465 g/mol. The molecule has 34 heavy (non-hydrogen) atoms. The SMILES string of the molecule is CCCC(CCCC(=O)c1ccc(C)cc1)Cn1cc2c(O)c(C(=O)NCCOC)ccc2n1. The molecule has 0 radical (unpaired) electrons. The first-order chi connectivity index (χ1) is 16.4. The summed E-state index contributed by atoms with van der Waals surface area (Å²) in [6.45, 7) is 5.65. The van der Waals surface area contributed by atoms with Gasteiger partial charge >= 0.3 is 0 Å². The van der Waals surface area contributed by atoms with E-state index in [0.29, 0.717) is 42.9 Å². The van der Waals surface area contributed by atoms with Crippen LogP contribution in [0.15, 0.2) is 42.6 Å². The van der Waals surface area contributed by atoms with Gasteiger partial charge in [-0.15, -0.1) is 0 Å². The average Bonchev–Trinajstić information content (AvgIpc) is 3.23. The Labute approximate surface area is 201 Å². The van der Waals surface area contributed by atoms with Crippen LogP contribution in [0.4, 0.5) is 0 Å². The minimum Gasteiger partial charge on any atom is -0.506 e. The van der Waals surface area contributed by atoms with E-state index in [1.807, 2.05) is 35.9 Å². The van der Waals surface area contributed by atoms with E-state index in [9.17, 15) is 14.7 Å². The van der Waals surface area contributed by atoms with Crippen LogP contribution in [0.25, 0.3) is 10.9 Å². The number of nitrogens with one attached hydrogen (secondary N) is 1. The highest BCUT2D eigenvalue weighted by Gasteiger charge is 2.17. The van der Waals surface area contributed by atoms with E-state index in [-0.39, 0.29) is 23.0 Å². The van der Waals surface area contributed by atoms with Gasteiger partial charge in [-0.2, -0.15) is 5.10 Å². The topological polar surface area (TPSA) is 93.5 Å². The summed E-state index contributed by atoms with van der Waals surface area (Å²) in [6, 6.07) is 11.1. The molecular formula is C27H35N3O4. The van der Waals surface area contributed by atoms with Crippen LogP contribution in [0.3, 0.4) is 0 Å². The largest absolute Gasteiger partial charge is 0.506 e. The quantitative estimate of drug-likeness (QED) is 0.277. The molecule has 3 aromatic rings. The van der Waals surface area contributed by atoms with Crippen LogP contribution in [-0.4, -0.2) is 46.8 Å². The normalized spacial score (nSPS) is 12.1. The van der Waals surface area contributed by atoms with Crippen molar-refractivity contribution in [2.24, 2.45) is 5.92 Å². The van der Waals surface area contributed by atoms with E-state index < -0.39 is 0 Å². The molecule has 0 saturated heterocycles. The number of aryl methyl sites for hydroxylation is 1. The van der Waals surface area contributed by atoms with Gasteiger partial charge in [-0.25, -0.2) is 0 Å². The molecule has 3 rings (SSSR count). The third-order valence-corrected chi connectivity index (χ3v) is 6.08. The number of hydrogen-bond donors (Lipinski definition) is 2. The zero-order valence-electron chi connectivity index (χ0n) is 20.3. The third-order valence-electron chi connectivity index (χ3n) is 6.08. The smallest absolute Gasteiger partial charge is 0.255 e. The maximum absolute atomic E-state index is 12.5. The number of ketones is 1. The van der Waals surface area contributed by atoms with E-state index in [2.05, 4.69) is 17.3 Å². The van der Waals surface area contributed by atoms with E-state index in [1.165, 1.54) is 0 Å². The molecule has 0 bridgehead atoms. The number of aromatic nitrogens is 2. The van der Waals surface area contributed by atoms with Crippen molar-refractivity contribution in [3.8, 4) is 5.75 Å². The number of amides is 1. The molecule has 1 atom stereocenters. The summed E-state index contributed by atoms with van der Waals surface area (Å²) in [4.78, 5) is 24.9. The molecule has 0 aliphatic carbocycles. The summed E-state index contributed by atoms with van der Waals surface area (Å²) in [7, 11) is 1.57. The number of fused-ring (bicyclic) bond motifs is 1. The van der Waals surface area contributed by atoms with Crippen LogP contribution in [-0.2, 0) is 11.3 Å². The Morgan fingerprint density at radius 3 is 2.62 bits per heavy atom. The lowest BCUT2D eigenvalue weighted by Crippen LogP contribution is -2.26. The molecule has 0 aliphatic rings. The van der Waals surface area contributed by atoms with Gasteiger partial charge in [0.1, 0.15) is 5.75 Å². The van der Waals surface area contributed by atoms with Crippen molar-refractivity contribution < 1.29 is 19.4 Å². The fourth-order valence-electron chi connectivity index (χ4n) is 4.20. The third kappa shape index (κ3) is 6.67. The molecule has 2 N–H and O–H groups in total. The summed E-state index contributed by atoms with van der Waals surface area (Å²) in [5, 5.41) is 18.6. The molecule has 0 fully saturated rings. The Morgan fingerprint density at radius 1 is 1.15 bits per heavy atom. The van der Waals surface area contributed by atoms with Crippen molar-refractivity contribution in [1.82, 2.24) is 15.1 Å². The lowest BCUT2D eigenvalue weighted by Gasteiger charge is -2.16. The Bertz CT molecular complexity index is 1110. The molecule has 1 heterocycles. The number of rotatable bonds is 13. The van der Waals surface area contributed by atoms with Gasteiger partial charge in [0.05, 0.1) is 23.1 Å². The summed E-state index contributed by atoms with van der Waals surface area (Å²) in [5.74, 6) is 0.158. The molecule has 7 heteroatoms. The van der Waals surface area contributed by atoms with Gasteiger partial charge < -0.3 is 15.2 Å². The lowest BCUT2D eigenvalue weighted by molar-refractivity contribution is 0.0933. The fourth-order valence-corrected chi connectivity index (χ4v) is 4.20. The van der Waals surface area contributed by atoms with Crippen LogP contribution in [0.1, 0.15) is 65.3 Å². The number of aromatic hydroxyl groups is 1. The second kappa shape index (κ2) is 12.3. The van der Waals surface area contributed by atoms with Crippen LogP contribution < -0.4 is 5.32 Å². The van der Waals surface area contributed by atoms with E-state index >= 15 is 0 Å². The van der Waals surface area contributed by atoms with Crippen molar-refractivity contribution in [3.63, 3.8) is 0 Å². The highest BCUT2D eigenvalue weighted by Crippen LogP contribution is 2.29. The van der Waals surface area contributed by atoms with Crippen molar-refractivity contribution in [1.29, 1.82) is 0 Å². The van der Waals surface area contributed by atoms with Gasteiger partial charge in [0.15, 0.2) is 5.78 Å². The van der Waals surface area contributed by atoms with Gasteiger partial charge in [-0.3, -0.25) is 14.3 Å². The van der Waals surface area contributed by atoms with Crippen molar-refractivity contribution in [2.75, 3.05) is 20.3 Å². The molecule has 2 aromatic carbocycles. The highest BCUT2D eigenvalue weighted by molar-refractivity contribution is 6.02. The first-order valence-corrected chi connectivity index (χ1v) is 12.0. The van der Waals surface area contributed by atoms with Crippen LogP contribution >= 0.6 is 0 Å². The molecule has 7 nitrogen and oxygen atoms in total. The maximum Gasteiger partial charge on any atom is 0.255 e. The molecular weight excluding hydrogens is 430 g/mol. The summed E-state index contributed by atoms with van der Waals surface area (Å²) < 4.78 is 6.79. The van der Waals surface area contributed by atoms with Gasteiger partial charge in [0.2, 0.25) is 0 Å². The van der Waals surface area contributed by atoms with Crippen LogP contribution in [0.5, 0.6) is 5.75 Å². The van der Waals surface area contributed by atoms with E-state index in [1.54, 1.807) is 25.4 Å². The number of carbonyl (C=O) groups excluding carboxylic acids is 2. The molecule has 0 aliphatic heterocycles. The second-order valence-corrected chi connectivity index (χ2v) is 8.83. The molecule has 0 spiro atoms. The Kier molecular flexibility index (Phi) is 9.22. The number of methoxy groups -OCH3 is 1. The van der Waals surface area contributed by atoms with Crippen LogP contribution in [0, 0.1) is 12.8 Å². The zero-order valence-corrected chi connectivity index (χ0v) is 20.3. The van der Waals surface area contributed by atoms with Crippen molar-refractivity contribution >= 4 is 22.6 Å². The standard InChI is InChI=1S/C27H35N3O4/c1-4-6-20(7-5-8-25(31)21-11-9-19(2)10-12-21)17-30-18-23-24(29-30)14-13-22(26(23)32)27(33)28-15-16-34-3/h9-14,18,20,32H,4-8,15-17H2,1-3H3,(H,28,33). The molecule has 0 saturated carbocycles. The first-order valence-electron chi connectivity index (χ1n) is 12.0. The summed E-state index contributed by atoms with van der Waals surface area (Å²) >= 11 is 0. The Hall–Kier alpha value is -3.19. The molecule has 1 amide bonds. The number of benzene rings is 2. The number of Topliss-reactive ketones (excluding diaryl/α,β-unsaturated/α-hetero) is 1. The number of phenolic OH excluding ortho intramolecular Hbond substituents is 1. The number of phenols is 1. The Balaban J connectivity index is 1.62. The van der Waals surface area contributed by atoms with Crippen molar-refractivity contribution in [3.05, 3.63) is 59.3 Å². The van der Waals surface area contributed by atoms with Crippen LogP contribution in [0.2, 0.25) is 0 Å². The number of nitrogens with zero attached hydrogens (tertiary/aromatic N) is 2. The molecule has 182 valence electrons. The molecule has 1 unspecified atom stereocenters. The minimum atomic E-state index is -0.341. The Morgan fingerprint density at radius 2 is 1.91 bits per heavy atom. The number of hydrogen-bond acceptors (Lipinski definition) is 5. The number of carbonyl (C=O) groups is 2. The first kappa shape index (κ1) is 25.4. The number of ether oxygens (including phenoxy) is 1. The van der Waals surface area contributed by atoms with Gasteiger partial charge in [-0.1, -0.05) is 43.2 Å². The average molecular weight is 466 g/mol. The highest BCUT2D eigenvalue weighted by atomic mass is 16.5. The predicted molar refractivity (Wildman–Crippen MR) is 133 cm³/mol. The lowest BCUT2D eigenvalue weighted by atomic mass is 9.95. The van der Waals surface area contributed by atoms with Gasteiger partial charge in [-0.05, 0) is 44.2 Å². The van der Waals surface area contributed by atoms with E-state index in [0.717, 1.165) is 36.8 Å². The second-order valence-electron chi connectivity index (χ2n) is 8.83.